The largest absolute Gasteiger partial charge is 0.508 e. The molecule has 0 bridgehead atoms. The zero-order valence-electron chi connectivity index (χ0n) is 32.5. The molecule has 0 unspecified atom stereocenters. The van der Waals surface area contributed by atoms with Crippen molar-refractivity contribution in [2.75, 3.05) is 132 Å². The summed E-state index contributed by atoms with van der Waals surface area (Å²) in [7, 11) is -4.22. The Bertz CT molecular complexity index is 1680. The number of ether oxygens (including phenoxy) is 8. The highest BCUT2D eigenvalue weighted by molar-refractivity contribution is 7.87. The van der Waals surface area contributed by atoms with E-state index in [-0.39, 0.29) is 16.4 Å². The smallest absolute Gasteiger partial charge is 0.298 e. The van der Waals surface area contributed by atoms with Crippen molar-refractivity contribution in [3.8, 4) is 11.5 Å². The maximum atomic E-state index is 13.8. The van der Waals surface area contributed by atoms with E-state index in [0.717, 1.165) is 0 Å². The predicted octanol–water partition coefficient (Wildman–Crippen LogP) is 2.87. The fourth-order valence-electron chi connectivity index (χ4n) is 6.99. The number of phenolic OH excluding ortho intramolecular Hbond substituents is 2. The fourth-order valence-corrected chi connectivity index (χ4v) is 8.41. The molecule has 0 aromatic heterocycles. The molecule has 3 aliphatic rings. The minimum absolute atomic E-state index is 0.0498. The van der Waals surface area contributed by atoms with Crippen LogP contribution in [0.4, 0.5) is 0 Å². The van der Waals surface area contributed by atoms with Crippen LogP contribution in [0.2, 0.25) is 0 Å². The number of hydrogen-bond acceptors (Lipinski definition) is 15. The number of aromatic hydroxyl groups is 2. The van der Waals surface area contributed by atoms with E-state index in [1.54, 1.807) is 54.6 Å². The van der Waals surface area contributed by atoms with Gasteiger partial charge in [-0.2, -0.15) is 8.42 Å². The van der Waals surface area contributed by atoms with Crippen molar-refractivity contribution in [2.24, 2.45) is 0 Å². The zero-order chi connectivity index (χ0) is 39.8. The number of benzene rings is 3. The summed E-state index contributed by atoms with van der Waals surface area (Å²) >= 11 is 0. The lowest BCUT2D eigenvalue weighted by Crippen LogP contribution is -2.33. The maximum Gasteiger partial charge on any atom is 0.298 e. The SMILES string of the molecule is O=S1(=O)OC(c2ccc(O)c(CN3CCOCCOCCOCCOCC3)c2)(c2ccc(O)c(CN3CCOCCOCCOCCOCC3)c2)c2ccccc21. The first-order valence-electron chi connectivity index (χ1n) is 19.6. The van der Waals surface area contributed by atoms with E-state index in [9.17, 15) is 18.6 Å². The van der Waals surface area contributed by atoms with Gasteiger partial charge in [-0.15, -0.1) is 0 Å². The first-order chi connectivity index (χ1) is 27.9. The lowest BCUT2D eigenvalue weighted by Gasteiger charge is -2.31. The van der Waals surface area contributed by atoms with E-state index in [2.05, 4.69) is 9.80 Å². The number of phenols is 2. The van der Waals surface area contributed by atoms with Gasteiger partial charge in [0.2, 0.25) is 0 Å². The van der Waals surface area contributed by atoms with Crippen LogP contribution in [0.15, 0.2) is 65.6 Å². The minimum atomic E-state index is -4.22. The lowest BCUT2D eigenvalue weighted by molar-refractivity contribution is 0.00206. The Hall–Kier alpha value is -3.23. The topological polar surface area (TPSA) is 164 Å². The summed E-state index contributed by atoms with van der Waals surface area (Å²) in [5, 5.41) is 22.5. The van der Waals surface area contributed by atoms with Crippen molar-refractivity contribution in [1.82, 2.24) is 9.80 Å². The molecule has 2 N–H and O–H groups in total. The second-order valence-corrected chi connectivity index (χ2v) is 15.4. The molecule has 2 fully saturated rings. The average molecular weight is 817 g/mol. The first-order valence-corrected chi connectivity index (χ1v) is 21.0. The highest BCUT2D eigenvalue weighted by Gasteiger charge is 2.51. The number of hydrogen-bond donors (Lipinski definition) is 2. The Balaban J connectivity index is 1.30. The van der Waals surface area contributed by atoms with Gasteiger partial charge < -0.3 is 48.1 Å². The molecule has 15 nitrogen and oxygen atoms in total. The molecule has 0 spiro atoms. The Morgan fingerprint density at radius 2 is 0.842 bits per heavy atom. The summed E-state index contributed by atoms with van der Waals surface area (Å²) in [5.74, 6) is 0.0996. The van der Waals surface area contributed by atoms with Gasteiger partial charge >= 0.3 is 0 Å². The zero-order valence-corrected chi connectivity index (χ0v) is 33.3. The maximum absolute atomic E-state index is 13.8. The van der Waals surface area contributed by atoms with Gasteiger partial charge in [-0.05, 0) is 41.5 Å². The third kappa shape index (κ3) is 12.2. The van der Waals surface area contributed by atoms with E-state index < -0.39 is 15.7 Å². The summed E-state index contributed by atoms with van der Waals surface area (Å²) in [6.45, 7) is 10.2. The van der Waals surface area contributed by atoms with E-state index in [4.69, 9.17) is 42.1 Å². The Morgan fingerprint density at radius 1 is 0.491 bits per heavy atom. The molecule has 57 heavy (non-hydrogen) atoms. The van der Waals surface area contributed by atoms with Gasteiger partial charge in [-0.1, -0.05) is 30.3 Å². The first kappa shape index (κ1) is 43.4. The summed E-state index contributed by atoms with van der Waals surface area (Å²) in [5.41, 5.74) is 0.935. The van der Waals surface area contributed by atoms with E-state index >= 15 is 0 Å². The van der Waals surface area contributed by atoms with Gasteiger partial charge in [-0.25, -0.2) is 4.18 Å². The molecular weight excluding hydrogens is 761 g/mol. The predicted molar refractivity (Wildman–Crippen MR) is 208 cm³/mol. The number of nitrogens with zero attached hydrogens (tertiary/aromatic N) is 2. The van der Waals surface area contributed by atoms with E-state index in [0.29, 0.717) is 173 Å². The number of rotatable bonds is 6. The highest BCUT2D eigenvalue weighted by atomic mass is 32.2. The van der Waals surface area contributed by atoms with Gasteiger partial charge in [0.05, 0.1) is 106 Å². The van der Waals surface area contributed by atoms with Crippen molar-refractivity contribution < 1.29 is 60.7 Å². The second-order valence-electron chi connectivity index (χ2n) is 13.9. The molecule has 0 amide bonds. The molecule has 0 radical (unpaired) electrons. The molecule has 3 aromatic rings. The molecule has 3 aliphatic heterocycles. The molecule has 3 heterocycles. The van der Waals surface area contributed by atoms with Crippen LogP contribution in [0.25, 0.3) is 0 Å². The van der Waals surface area contributed by atoms with Crippen LogP contribution in [0, 0.1) is 0 Å². The minimum Gasteiger partial charge on any atom is -0.508 e. The van der Waals surface area contributed by atoms with E-state index in [1.165, 1.54) is 6.07 Å². The molecule has 3 aromatic carbocycles. The molecule has 0 aliphatic carbocycles. The Kier molecular flexibility index (Phi) is 16.9. The van der Waals surface area contributed by atoms with Gasteiger partial charge in [0.25, 0.3) is 10.1 Å². The molecule has 314 valence electrons. The van der Waals surface area contributed by atoms with Crippen molar-refractivity contribution in [3.63, 3.8) is 0 Å². The van der Waals surface area contributed by atoms with Crippen LogP contribution in [-0.4, -0.2) is 160 Å². The van der Waals surface area contributed by atoms with Crippen LogP contribution in [0.1, 0.15) is 27.8 Å². The van der Waals surface area contributed by atoms with Crippen molar-refractivity contribution in [3.05, 3.63) is 88.5 Å². The van der Waals surface area contributed by atoms with Crippen LogP contribution in [0.5, 0.6) is 11.5 Å². The molecule has 0 atom stereocenters. The van der Waals surface area contributed by atoms with Gasteiger partial charge in [0.15, 0.2) is 5.60 Å². The molecular formula is C41H56N2O13S. The lowest BCUT2D eigenvalue weighted by atomic mass is 9.79. The summed E-state index contributed by atoms with van der Waals surface area (Å²) in [6, 6.07) is 16.8. The molecule has 2 saturated heterocycles. The van der Waals surface area contributed by atoms with Gasteiger partial charge in [0.1, 0.15) is 16.4 Å². The molecule has 0 saturated carbocycles. The third-order valence-corrected chi connectivity index (χ3v) is 11.3. The average Bonchev–Trinajstić information content (AvgIpc) is 3.44. The van der Waals surface area contributed by atoms with Crippen molar-refractivity contribution in [1.29, 1.82) is 0 Å². The number of fused-ring (bicyclic) bond motifs is 1. The summed E-state index contributed by atoms with van der Waals surface area (Å²) in [6.07, 6.45) is 0. The standard InChI is InChI=1S/C41H56N2O13S/c44-38-7-5-35(29-33(38)31-42-9-13-48-17-21-52-25-26-53-22-18-49-14-10-42)41(37-3-1-2-4-40(37)57(46,47)56-41)36-6-8-39(45)34(30-36)32-43-11-15-50-19-23-54-27-28-55-24-20-51-16-12-43/h1-8,29-30,44-45H,9-28,31-32H2. The van der Waals surface area contributed by atoms with Gasteiger partial charge in [-0.3, -0.25) is 9.80 Å². The normalized spacial score (nSPS) is 22.0. The highest BCUT2D eigenvalue weighted by Crippen LogP contribution is 2.51. The van der Waals surface area contributed by atoms with Crippen LogP contribution >= 0.6 is 0 Å². The van der Waals surface area contributed by atoms with Crippen LogP contribution in [-0.2, 0) is 70.9 Å². The molecule has 6 rings (SSSR count). The monoisotopic (exact) mass is 816 g/mol. The van der Waals surface area contributed by atoms with Crippen LogP contribution < -0.4 is 0 Å². The van der Waals surface area contributed by atoms with Crippen molar-refractivity contribution >= 4 is 10.1 Å². The second kappa shape index (κ2) is 22.2. The molecule has 16 heteroatoms. The summed E-state index contributed by atoms with van der Waals surface area (Å²) < 4.78 is 79.5. The van der Waals surface area contributed by atoms with Crippen LogP contribution in [0.3, 0.4) is 0 Å². The van der Waals surface area contributed by atoms with Crippen molar-refractivity contribution in [2.45, 2.75) is 23.6 Å². The summed E-state index contributed by atoms with van der Waals surface area (Å²) in [4.78, 5) is 4.28. The third-order valence-electron chi connectivity index (χ3n) is 9.97. The Morgan fingerprint density at radius 3 is 1.23 bits per heavy atom. The van der Waals surface area contributed by atoms with Gasteiger partial charge in [0, 0.05) is 56.0 Å². The quantitative estimate of drug-likeness (QED) is 0.349. The Labute approximate surface area is 335 Å². The van der Waals surface area contributed by atoms with E-state index in [1.807, 2.05) is 0 Å². The fraction of sp³-hybridized carbons (Fsp3) is 0.561.